The zero-order chi connectivity index (χ0) is 20.7. The lowest BCUT2D eigenvalue weighted by atomic mass is 9.86. The van der Waals surface area contributed by atoms with Crippen molar-refractivity contribution in [1.82, 2.24) is 5.43 Å². The van der Waals surface area contributed by atoms with E-state index >= 15 is 0 Å². The minimum absolute atomic E-state index is 0.329. The number of amides is 2. The van der Waals surface area contributed by atoms with Crippen molar-refractivity contribution in [1.29, 1.82) is 10.5 Å². The molecule has 140 valence electrons. The number of ketones is 1. The van der Waals surface area contributed by atoms with Crippen LogP contribution in [-0.4, -0.2) is 17.5 Å². The summed E-state index contributed by atoms with van der Waals surface area (Å²) in [5.41, 5.74) is 7.45. The van der Waals surface area contributed by atoms with E-state index in [1.807, 2.05) is 17.6 Å². The molecule has 0 fully saturated rings. The third-order valence-corrected chi connectivity index (χ3v) is 4.24. The molecule has 0 saturated carbocycles. The number of hydrogen-bond donors (Lipinski definition) is 2. The zero-order valence-electron chi connectivity index (χ0n) is 14.3. The van der Waals surface area contributed by atoms with Crippen LogP contribution >= 0.6 is 23.2 Å². The monoisotopic (exact) mass is 413 g/mol. The Bertz CT molecular complexity index is 989. The molecule has 28 heavy (non-hydrogen) atoms. The van der Waals surface area contributed by atoms with Crippen molar-refractivity contribution in [3.05, 3.63) is 69.7 Å². The molecule has 2 aromatic rings. The highest BCUT2D eigenvalue weighted by Gasteiger charge is 2.32. The molecule has 2 atom stereocenters. The van der Waals surface area contributed by atoms with Crippen molar-refractivity contribution in [2.75, 3.05) is 0 Å². The lowest BCUT2D eigenvalue weighted by Gasteiger charge is -2.15. The molecule has 2 amide bonds. The predicted octanol–water partition coefficient (Wildman–Crippen LogP) is 3.50. The number of urea groups is 1. The van der Waals surface area contributed by atoms with E-state index in [1.54, 1.807) is 24.3 Å². The Balaban J connectivity index is 2.50. The first-order valence-electron chi connectivity index (χ1n) is 7.84. The molecule has 9 heteroatoms. The van der Waals surface area contributed by atoms with Gasteiger partial charge in [-0.2, -0.15) is 15.6 Å². The molecule has 0 aliphatic carbocycles. The van der Waals surface area contributed by atoms with Gasteiger partial charge in [0, 0.05) is 10.0 Å². The van der Waals surface area contributed by atoms with Crippen LogP contribution in [0.1, 0.15) is 23.0 Å². The maximum Gasteiger partial charge on any atom is 0.332 e. The molecule has 0 heterocycles. The van der Waals surface area contributed by atoms with Crippen LogP contribution in [0, 0.1) is 22.7 Å². The quantitative estimate of drug-likeness (QED) is 0.553. The summed E-state index contributed by atoms with van der Waals surface area (Å²) in [6.45, 7) is 0. The van der Waals surface area contributed by atoms with Gasteiger partial charge in [-0.15, -0.1) is 0 Å². The van der Waals surface area contributed by atoms with Gasteiger partial charge in [-0.05, 0) is 35.4 Å². The number of hydrazone groups is 1. The molecule has 0 aliphatic rings. The van der Waals surface area contributed by atoms with Gasteiger partial charge in [0.15, 0.2) is 0 Å². The van der Waals surface area contributed by atoms with Gasteiger partial charge >= 0.3 is 6.03 Å². The minimum atomic E-state index is -1.26. The maximum absolute atomic E-state index is 13.1. The second-order valence-corrected chi connectivity index (χ2v) is 6.44. The summed E-state index contributed by atoms with van der Waals surface area (Å²) in [6, 6.07) is 15.2. The summed E-state index contributed by atoms with van der Waals surface area (Å²) < 4.78 is 0. The van der Waals surface area contributed by atoms with Crippen molar-refractivity contribution in [2.45, 2.75) is 11.8 Å². The van der Waals surface area contributed by atoms with Crippen molar-refractivity contribution < 1.29 is 9.59 Å². The molecule has 2 rings (SSSR count). The van der Waals surface area contributed by atoms with Crippen molar-refractivity contribution in [2.24, 2.45) is 10.8 Å². The molecule has 0 aliphatic heterocycles. The highest BCUT2D eigenvalue weighted by Crippen LogP contribution is 2.25. The van der Waals surface area contributed by atoms with Gasteiger partial charge in [-0.3, -0.25) is 4.79 Å². The predicted molar refractivity (Wildman–Crippen MR) is 105 cm³/mol. The summed E-state index contributed by atoms with van der Waals surface area (Å²) in [7, 11) is 0. The van der Waals surface area contributed by atoms with Crippen molar-refractivity contribution in [3.63, 3.8) is 0 Å². The second-order valence-electron chi connectivity index (χ2n) is 5.56. The van der Waals surface area contributed by atoms with E-state index in [0.717, 1.165) is 0 Å². The second kappa shape index (κ2) is 9.52. The van der Waals surface area contributed by atoms with Gasteiger partial charge in [-0.25, -0.2) is 10.2 Å². The minimum Gasteiger partial charge on any atom is -0.350 e. The van der Waals surface area contributed by atoms with Crippen LogP contribution in [0.3, 0.4) is 0 Å². The number of rotatable bonds is 6. The number of hydrogen-bond acceptors (Lipinski definition) is 5. The fraction of sp³-hybridized carbons (Fsp3) is 0.105. The number of primary amides is 1. The normalized spacial score (nSPS) is 12.9. The molecule has 0 unspecified atom stereocenters. The van der Waals surface area contributed by atoms with Crippen LogP contribution in [0.5, 0.6) is 0 Å². The Morgan fingerprint density at radius 1 is 0.893 bits per heavy atom. The number of carbonyl (C=O) groups is 2. The van der Waals surface area contributed by atoms with Crippen molar-refractivity contribution >= 4 is 40.7 Å². The Kier molecular flexibility index (Phi) is 7.11. The summed E-state index contributed by atoms with van der Waals surface area (Å²) >= 11 is 11.7. The smallest absolute Gasteiger partial charge is 0.332 e. The van der Waals surface area contributed by atoms with Crippen LogP contribution in [0.2, 0.25) is 10.0 Å². The lowest BCUT2D eigenvalue weighted by Crippen LogP contribution is -2.32. The molecule has 0 bridgehead atoms. The van der Waals surface area contributed by atoms with Gasteiger partial charge in [0.25, 0.3) is 0 Å². The van der Waals surface area contributed by atoms with Crippen LogP contribution in [0.25, 0.3) is 0 Å². The standard InChI is InChI=1S/C19H13Cl2N5O2/c20-13-5-1-11(2-6-13)15(9-22)17(25-26-19(24)28)18(27)16(10-23)12-3-7-14(21)8-4-12/h1-8,15-16H,(H3,24,26,28)/b25-17-/t15-,16+/m1/s1. The Hall–Kier alpha value is -3.39. The average Bonchev–Trinajstić information content (AvgIpc) is 2.68. The van der Waals surface area contributed by atoms with E-state index in [1.165, 1.54) is 24.3 Å². The number of Topliss-reactive ketones (excluding diaryl/α,β-unsaturated/α-hetero) is 1. The Morgan fingerprint density at radius 2 is 1.32 bits per heavy atom. The molecule has 7 nitrogen and oxygen atoms in total. The van der Waals surface area contributed by atoms with Crippen LogP contribution in [0.15, 0.2) is 53.6 Å². The molecular formula is C19H13Cl2N5O2. The summed E-state index contributed by atoms with van der Waals surface area (Å²) in [4.78, 5) is 24.1. The third kappa shape index (κ3) is 5.08. The van der Waals surface area contributed by atoms with Crippen LogP contribution in [0.4, 0.5) is 4.79 Å². The van der Waals surface area contributed by atoms with E-state index in [4.69, 9.17) is 28.9 Å². The first-order valence-corrected chi connectivity index (χ1v) is 8.60. The molecule has 0 aromatic heterocycles. The van der Waals surface area contributed by atoms with E-state index < -0.39 is 23.7 Å². The Morgan fingerprint density at radius 3 is 1.71 bits per heavy atom. The molecule has 2 aromatic carbocycles. The summed E-state index contributed by atoms with van der Waals surface area (Å²) in [5.74, 6) is -3.16. The largest absolute Gasteiger partial charge is 0.350 e. The van der Waals surface area contributed by atoms with Gasteiger partial charge < -0.3 is 5.73 Å². The molecule has 0 radical (unpaired) electrons. The number of carbonyl (C=O) groups excluding carboxylic acids is 2. The summed E-state index contributed by atoms with van der Waals surface area (Å²) in [6.07, 6.45) is 0. The number of halogens is 2. The fourth-order valence-corrected chi connectivity index (χ4v) is 2.67. The SMILES string of the molecule is N#C[C@H](C(=O)/C(=N\NC(N)=O)[C@H](C#N)c1ccc(Cl)cc1)c1ccc(Cl)cc1. The van der Waals surface area contributed by atoms with Crippen LogP contribution < -0.4 is 11.2 Å². The lowest BCUT2D eigenvalue weighted by molar-refractivity contribution is -0.113. The first kappa shape index (κ1) is 20.9. The number of nitrogens with two attached hydrogens (primary N) is 1. The summed E-state index contributed by atoms with van der Waals surface area (Å²) in [5, 5.41) is 23.8. The van der Waals surface area contributed by atoms with Gasteiger partial charge in [0.1, 0.15) is 17.5 Å². The van der Waals surface area contributed by atoms with Gasteiger partial charge in [0.2, 0.25) is 5.78 Å². The zero-order valence-corrected chi connectivity index (χ0v) is 15.8. The number of benzene rings is 2. The van der Waals surface area contributed by atoms with E-state index in [2.05, 4.69) is 5.10 Å². The number of nitrogens with zero attached hydrogens (tertiary/aromatic N) is 3. The first-order chi connectivity index (χ1) is 13.4. The highest BCUT2D eigenvalue weighted by molar-refractivity contribution is 6.45. The topological polar surface area (TPSA) is 132 Å². The number of nitriles is 2. The average molecular weight is 414 g/mol. The molecule has 0 saturated heterocycles. The number of nitrogens with one attached hydrogen (secondary N) is 1. The molecule has 3 N–H and O–H groups in total. The Labute approximate surface area is 171 Å². The van der Waals surface area contributed by atoms with Crippen LogP contribution in [-0.2, 0) is 4.79 Å². The van der Waals surface area contributed by atoms with E-state index in [-0.39, 0.29) is 5.71 Å². The third-order valence-electron chi connectivity index (χ3n) is 3.74. The maximum atomic E-state index is 13.1. The van der Waals surface area contributed by atoms with E-state index in [0.29, 0.717) is 21.2 Å². The van der Waals surface area contributed by atoms with Gasteiger partial charge in [-0.1, -0.05) is 47.5 Å². The molecule has 0 spiro atoms. The van der Waals surface area contributed by atoms with Crippen molar-refractivity contribution in [3.8, 4) is 12.1 Å². The molecular weight excluding hydrogens is 401 g/mol. The van der Waals surface area contributed by atoms with Gasteiger partial charge in [0.05, 0.1) is 12.1 Å². The van der Waals surface area contributed by atoms with E-state index in [9.17, 15) is 20.1 Å². The fourth-order valence-electron chi connectivity index (χ4n) is 2.41. The highest BCUT2D eigenvalue weighted by atomic mass is 35.5.